The highest BCUT2D eigenvalue weighted by Crippen LogP contribution is 2.17. The second-order valence-corrected chi connectivity index (χ2v) is 3.09. The van der Waals surface area contributed by atoms with Gasteiger partial charge in [0, 0.05) is 18.8 Å². The number of hydrogen-bond acceptors (Lipinski definition) is 2. The Morgan fingerprint density at radius 3 is 2.62 bits per heavy atom. The lowest BCUT2D eigenvalue weighted by molar-refractivity contribution is 0.242. The van der Waals surface area contributed by atoms with Crippen molar-refractivity contribution in [1.82, 2.24) is 0 Å². The van der Waals surface area contributed by atoms with Gasteiger partial charge in [-0.3, -0.25) is 4.99 Å². The van der Waals surface area contributed by atoms with E-state index in [4.69, 9.17) is 4.74 Å². The molecule has 0 unspecified atom stereocenters. The van der Waals surface area contributed by atoms with Crippen LogP contribution in [-0.2, 0) is 0 Å². The van der Waals surface area contributed by atoms with Crippen LogP contribution >= 0.6 is 0 Å². The van der Waals surface area contributed by atoms with Gasteiger partial charge in [0.25, 0.3) is 0 Å². The first kappa shape index (κ1) is 9.78. The van der Waals surface area contributed by atoms with Crippen molar-refractivity contribution in [2.75, 3.05) is 7.05 Å². The Bertz CT molecular complexity index is 292. The summed E-state index contributed by atoms with van der Waals surface area (Å²) < 4.78 is 5.61. The summed E-state index contributed by atoms with van der Waals surface area (Å²) in [6.07, 6.45) is 2.00. The van der Waals surface area contributed by atoms with E-state index in [1.165, 1.54) is 0 Å². The van der Waals surface area contributed by atoms with E-state index in [-0.39, 0.29) is 6.10 Å². The quantitative estimate of drug-likeness (QED) is 0.650. The molecular formula is C11H15NO. The average Bonchev–Trinajstić information content (AvgIpc) is 2.08. The number of benzene rings is 1. The topological polar surface area (TPSA) is 21.6 Å². The zero-order valence-corrected chi connectivity index (χ0v) is 8.32. The first-order valence-electron chi connectivity index (χ1n) is 4.42. The van der Waals surface area contributed by atoms with Crippen molar-refractivity contribution in [3.63, 3.8) is 0 Å². The number of para-hydroxylation sites is 1. The third kappa shape index (κ3) is 2.90. The van der Waals surface area contributed by atoms with Crippen molar-refractivity contribution in [3.05, 3.63) is 29.8 Å². The van der Waals surface area contributed by atoms with E-state index in [0.717, 1.165) is 11.3 Å². The molecule has 0 bridgehead atoms. The SMILES string of the molecule is CN=Cc1ccccc1OC(C)C. The molecule has 0 N–H and O–H groups in total. The van der Waals surface area contributed by atoms with E-state index in [1.54, 1.807) is 13.3 Å². The molecule has 2 heteroatoms. The van der Waals surface area contributed by atoms with Gasteiger partial charge in [0.05, 0.1) is 6.10 Å². The van der Waals surface area contributed by atoms with Gasteiger partial charge in [0.1, 0.15) is 5.75 Å². The molecule has 0 atom stereocenters. The summed E-state index contributed by atoms with van der Waals surface area (Å²) in [6, 6.07) is 7.89. The van der Waals surface area contributed by atoms with Gasteiger partial charge in [-0.05, 0) is 26.0 Å². The molecule has 13 heavy (non-hydrogen) atoms. The van der Waals surface area contributed by atoms with E-state index >= 15 is 0 Å². The molecule has 0 fully saturated rings. The van der Waals surface area contributed by atoms with Crippen LogP contribution in [0.25, 0.3) is 0 Å². The smallest absolute Gasteiger partial charge is 0.128 e. The van der Waals surface area contributed by atoms with Gasteiger partial charge in [-0.1, -0.05) is 12.1 Å². The minimum absolute atomic E-state index is 0.200. The molecule has 0 radical (unpaired) electrons. The third-order valence-corrected chi connectivity index (χ3v) is 1.55. The summed E-state index contributed by atoms with van der Waals surface area (Å²) in [6.45, 7) is 4.03. The van der Waals surface area contributed by atoms with E-state index < -0.39 is 0 Å². The van der Waals surface area contributed by atoms with Crippen molar-refractivity contribution in [2.45, 2.75) is 20.0 Å². The molecule has 1 aromatic carbocycles. The zero-order valence-electron chi connectivity index (χ0n) is 8.32. The Labute approximate surface area is 79.3 Å². The molecule has 0 aliphatic heterocycles. The standard InChI is InChI=1S/C11H15NO/c1-9(2)13-11-7-5-4-6-10(11)8-12-3/h4-9H,1-3H3. The second kappa shape index (κ2) is 4.65. The Morgan fingerprint density at radius 1 is 1.31 bits per heavy atom. The first-order chi connectivity index (χ1) is 6.24. The maximum atomic E-state index is 5.61. The number of hydrogen-bond donors (Lipinski definition) is 0. The molecule has 2 nitrogen and oxygen atoms in total. The lowest BCUT2D eigenvalue weighted by atomic mass is 10.2. The minimum atomic E-state index is 0.200. The van der Waals surface area contributed by atoms with Crippen LogP contribution in [0.5, 0.6) is 5.75 Å². The molecule has 0 heterocycles. The van der Waals surface area contributed by atoms with E-state index in [9.17, 15) is 0 Å². The Morgan fingerprint density at radius 2 is 2.00 bits per heavy atom. The lowest BCUT2D eigenvalue weighted by Crippen LogP contribution is -2.07. The van der Waals surface area contributed by atoms with Crippen LogP contribution < -0.4 is 4.74 Å². The lowest BCUT2D eigenvalue weighted by Gasteiger charge is -2.11. The monoisotopic (exact) mass is 177 g/mol. The highest BCUT2D eigenvalue weighted by molar-refractivity contribution is 5.83. The van der Waals surface area contributed by atoms with Gasteiger partial charge in [-0.25, -0.2) is 0 Å². The van der Waals surface area contributed by atoms with Crippen molar-refractivity contribution in [1.29, 1.82) is 0 Å². The largest absolute Gasteiger partial charge is 0.490 e. The fraction of sp³-hybridized carbons (Fsp3) is 0.364. The maximum absolute atomic E-state index is 5.61. The van der Waals surface area contributed by atoms with Gasteiger partial charge in [-0.15, -0.1) is 0 Å². The summed E-state index contributed by atoms with van der Waals surface area (Å²) >= 11 is 0. The zero-order chi connectivity index (χ0) is 9.68. The first-order valence-corrected chi connectivity index (χ1v) is 4.42. The molecule has 0 aromatic heterocycles. The van der Waals surface area contributed by atoms with Gasteiger partial charge < -0.3 is 4.74 Å². The number of rotatable bonds is 3. The molecule has 0 aliphatic rings. The Kier molecular flexibility index (Phi) is 3.50. The number of aliphatic imine (C=N–C) groups is 1. The summed E-state index contributed by atoms with van der Waals surface area (Å²) in [5, 5.41) is 0. The molecule has 0 saturated carbocycles. The van der Waals surface area contributed by atoms with E-state index in [2.05, 4.69) is 4.99 Å². The van der Waals surface area contributed by atoms with Gasteiger partial charge in [0.15, 0.2) is 0 Å². The molecule has 0 amide bonds. The van der Waals surface area contributed by atoms with E-state index in [0.29, 0.717) is 0 Å². The Hall–Kier alpha value is -1.31. The van der Waals surface area contributed by atoms with Crippen LogP contribution in [0.4, 0.5) is 0 Å². The van der Waals surface area contributed by atoms with Crippen LogP contribution in [0, 0.1) is 0 Å². The Balaban J connectivity index is 2.90. The van der Waals surface area contributed by atoms with Crippen LogP contribution in [0.1, 0.15) is 19.4 Å². The maximum Gasteiger partial charge on any atom is 0.128 e. The molecule has 70 valence electrons. The average molecular weight is 177 g/mol. The second-order valence-electron chi connectivity index (χ2n) is 3.09. The molecule has 1 aromatic rings. The normalized spacial score (nSPS) is 11.1. The molecule has 1 rings (SSSR count). The molecule has 0 saturated heterocycles. The van der Waals surface area contributed by atoms with Gasteiger partial charge >= 0.3 is 0 Å². The van der Waals surface area contributed by atoms with Crippen molar-refractivity contribution >= 4 is 6.21 Å². The molecule has 0 aliphatic carbocycles. The van der Waals surface area contributed by atoms with Crippen molar-refractivity contribution < 1.29 is 4.74 Å². The van der Waals surface area contributed by atoms with E-state index in [1.807, 2.05) is 38.1 Å². The van der Waals surface area contributed by atoms with Crippen molar-refractivity contribution in [2.24, 2.45) is 4.99 Å². The third-order valence-electron chi connectivity index (χ3n) is 1.55. The summed E-state index contributed by atoms with van der Waals surface area (Å²) in [4.78, 5) is 3.97. The molecular weight excluding hydrogens is 162 g/mol. The predicted molar refractivity (Wildman–Crippen MR) is 55.7 cm³/mol. The highest BCUT2D eigenvalue weighted by atomic mass is 16.5. The van der Waals surface area contributed by atoms with Crippen LogP contribution in [0.3, 0.4) is 0 Å². The minimum Gasteiger partial charge on any atom is -0.490 e. The van der Waals surface area contributed by atoms with Crippen molar-refractivity contribution in [3.8, 4) is 5.75 Å². The predicted octanol–water partition coefficient (Wildman–Crippen LogP) is 2.52. The summed E-state index contributed by atoms with van der Waals surface area (Å²) in [5.74, 6) is 0.892. The number of nitrogens with zero attached hydrogens (tertiary/aromatic N) is 1. The molecule has 0 spiro atoms. The van der Waals surface area contributed by atoms with Gasteiger partial charge in [-0.2, -0.15) is 0 Å². The van der Waals surface area contributed by atoms with Gasteiger partial charge in [0.2, 0.25) is 0 Å². The fourth-order valence-electron chi connectivity index (χ4n) is 1.09. The van der Waals surface area contributed by atoms with Crippen LogP contribution in [0.15, 0.2) is 29.3 Å². The van der Waals surface area contributed by atoms with Crippen LogP contribution in [-0.4, -0.2) is 19.4 Å². The fourth-order valence-corrected chi connectivity index (χ4v) is 1.09. The van der Waals surface area contributed by atoms with Crippen LogP contribution in [0.2, 0.25) is 0 Å². The number of ether oxygens (including phenoxy) is 1. The summed E-state index contributed by atoms with van der Waals surface area (Å²) in [7, 11) is 1.76. The highest BCUT2D eigenvalue weighted by Gasteiger charge is 2.01. The summed E-state index contributed by atoms with van der Waals surface area (Å²) in [5.41, 5.74) is 1.03.